The van der Waals surface area contributed by atoms with E-state index < -0.39 is 34.6 Å². The predicted octanol–water partition coefficient (Wildman–Crippen LogP) is 4.53. The highest BCUT2D eigenvalue weighted by atomic mass is 35.5. The fourth-order valence-corrected chi connectivity index (χ4v) is 9.51. The third-order valence-electron chi connectivity index (χ3n) is 8.67. The molecule has 1 spiro atoms. The first kappa shape index (κ1) is 29.4. The van der Waals surface area contributed by atoms with Gasteiger partial charge in [-0.15, -0.1) is 18.3 Å². The maximum Gasteiger partial charge on any atom is 0.311 e. The third kappa shape index (κ3) is 5.00. The zero-order chi connectivity index (χ0) is 29.3. The molecule has 2 bridgehead atoms. The first-order valence-corrected chi connectivity index (χ1v) is 15.1. The van der Waals surface area contributed by atoms with E-state index in [0.29, 0.717) is 23.6 Å². The standard InChI is InChI=1S/C32H35ClN2O5S/c1-4-15-34(23-13-11-22(33)12-14-23)30(38)28-32-20(3)17-25(41-32)26(31(39)40-16-5-2)27(32)29(37)35(28)24(19-36)18-21-9-7-6-8-10-21/h4-14,20,24-28,36H,1-2,15-19H2,3H3/t20?,24-,25+,26-,27+,28?,32?/m1/s1. The fourth-order valence-electron chi connectivity index (χ4n) is 7.00. The van der Waals surface area contributed by atoms with E-state index in [1.54, 1.807) is 51.9 Å². The first-order valence-electron chi connectivity index (χ1n) is 13.9. The summed E-state index contributed by atoms with van der Waals surface area (Å²) in [5.41, 5.74) is 1.56. The molecule has 2 aromatic rings. The van der Waals surface area contributed by atoms with Gasteiger partial charge in [0.15, 0.2) is 0 Å². The van der Waals surface area contributed by atoms with Gasteiger partial charge in [0.1, 0.15) is 12.6 Å². The number of rotatable bonds is 11. The van der Waals surface area contributed by atoms with Crippen LogP contribution in [-0.4, -0.2) is 69.6 Å². The van der Waals surface area contributed by atoms with E-state index in [0.717, 1.165) is 5.56 Å². The summed E-state index contributed by atoms with van der Waals surface area (Å²) >= 11 is 7.72. The summed E-state index contributed by atoms with van der Waals surface area (Å²) in [6.45, 7) is 9.52. The van der Waals surface area contributed by atoms with Gasteiger partial charge in [-0.25, -0.2) is 0 Å². The number of hydrogen-bond acceptors (Lipinski definition) is 6. The topological polar surface area (TPSA) is 87.2 Å². The van der Waals surface area contributed by atoms with Crippen LogP contribution in [0.25, 0.3) is 0 Å². The number of nitrogens with zero attached hydrogens (tertiary/aromatic N) is 2. The fraction of sp³-hybridized carbons (Fsp3) is 0.406. The Morgan fingerprint density at radius 3 is 2.54 bits per heavy atom. The van der Waals surface area contributed by atoms with Crippen molar-refractivity contribution in [1.29, 1.82) is 0 Å². The van der Waals surface area contributed by atoms with Crippen molar-refractivity contribution in [3.05, 3.63) is 90.5 Å². The molecule has 5 rings (SSSR count). The van der Waals surface area contributed by atoms with Gasteiger partial charge in [0.2, 0.25) is 5.91 Å². The van der Waals surface area contributed by atoms with Gasteiger partial charge in [-0.3, -0.25) is 14.4 Å². The molecule has 41 heavy (non-hydrogen) atoms. The van der Waals surface area contributed by atoms with Gasteiger partial charge < -0.3 is 19.6 Å². The molecule has 3 aliphatic rings. The molecule has 0 aromatic heterocycles. The summed E-state index contributed by atoms with van der Waals surface area (Å²) < 4.78 is 4.63. The minimum atomic E-state index is -0.904. The molecule has 0 saturated carbocycles. The minimum Gasteiger partial charge on any atom is -0.461 e. The van der Waals surface area contributed by atoms with Crippen molar-refractivity contribution in [2.75, 3.05) is 24.7 Å². The van der Waals surface area contributed by atoms with Crippen LogP contribution in [0.15, 0.2) is 79.9 Å². The number of carbonyl (C=O) groups is 3. The average Bonchev–Trinajstić information content (AvgIpc) is 3.57. The highest BCUT2D eigenvalue weighted by Gasteiger charge is 2.77. The van der Waals surface area contributed by atoms with Crippen LogP contribution in [0.1, 0.15) is 18.9 Å². The van der Waals surface area contributed by atoms with E-state index in [2.05, 4.69) is 20.1 Å². The van der Waals surface area contributed by atoms with Crippen LogP contribution in [-0.2, 0) is 25.5 Å². The largest absolute Gasteiger partial charge is 0.461 e. The van der Waals surface area contributed by atoms with Gasteiger partial charge in [-0.1, -0.05) is 67.6 Å². The molecule has 3 fully saturated rings. The second kappa shape index (κ2) is 12.0. The number of ether oxygens (including phenoxy) is 1. The lowest BCUT2D eigenvalue weighted by molar-refractivity contribution is -0.154. The molecule has 1 N–H and O–H groups in total. The molecule has 2 aromatic carbocycles. The lowest BCUT2D eigenvalue weighted by Crippen LogP contribution is -2.59. The summed E-state index contributed by atoms with van der Waals surface area (Å²) in [5, 5.41) is 11.1. The van der Waals surface area contributed by atoms with Gasteiger partial charge in [0, 0.05) is 22.5 Å². The van der Waals surface area contributed by atoms with Crippen LogP contribution in [0.3, 0.4) is 0 Å². The number of aliphatic hydroxyl groups excluding tert-OH is 1. The smallest absolute Gasteiger partial charge is 0.311 e. The normalized spacial score (nSPS) is 28.7. The van der Waals surface area contributed by atoms with E-state index in [1.165, 1.54) is 6.08 Å². The lowest BCUT2D eigenvalue weighted by atomic mass is 9.66. The summed E-state index contributed by atoms with van der Waals surface area (Å²) in [6, 6.07) is 15.0. The zero-order valence-corrected chi connectivity index (χ0v) is 24.6. The molecule has 3 saturated heterocycles. The van der Waals surface area contributed by atoms with Gasteiger partial charge >= 0.3 is 5.97 Å². The Balaban J connectivity index is 1.62. The molecule has 216 valence electrons. The van der Waals surface area contributed by atoms with E-state index in [1.807, 2.05) is 30.3 Å². The van der Waals surface area contributed by atoms with Crippen LogP contribution in [0.4, 0.5) is 5.69 Å². The Hall–Kier alpha value is -3.07. The summed E-state index contributed by atoms with van der Waals surface area (Å²) in [5.74, 6) is -2.44. The second-order valence-corrected chi connectivity index (χ2v) is 12.9. The van der Waals surface area contributed by atoms with Gasteiger partial charge in [-0.2, -0.15) is 0 Å². The zero-order valence-electron chi connectivity index (χ0n) is 23.0. The molecule has 2 amide bonds. The van der Waals surface area contributed by atoms with Crippen molar-refractivity contribution in [3.8, 4) is 0 Å². The van der Waals surface area contributed by atoms with Crippen molar-refractivity contribution < 1.29 is 24.2 Å². The predicted molar refractivity (Wildman–Crippen MR) is 162 cm³/mol. The highest BCUT2D eigenvalue weighted by molar-refractivity contribution is 8.02. The molecule has 9 heteroatoms. The van der Waals surface area contributed by atoms with Crippen LogP contribution < -0.4 is 4.90 Å². The number of aliphatic hydroxyl groups is 1. The summed E-state index contributed by atoms with van der Waals surface area (Å²) in [7, 11) is 0. The van der Waals surface area contributed by atoms with Crippen molar-refractivity contribution in [2.45, 2.75) is 41.8 Å². The Bertz CT molecular complexity index is 1320. The van der Waals surface area contributed by atoms with Gasteiger partial charge in [0.25, 0.3) is 5.91 Å². The first-order chi connectivity index (χ1) is 19.8. The molecule has 0 aliphatic carbocycles. The van der Waals surface area contributed by atoms with Gasteiger partial charge in [0.05, 0.1) is 29.2 Å². The highest BCUT2D eigenvalue weighted by Crippen LogP contribution is 2.69. The van der Waals surface area contributed by atoms with Crippen LogP contribution in [0.2, 0.25) is 5.02 Å². The van der Waals surface area contributed by atoms with Crippen molar-refractivity contribution in [1.82, 2.24) is 4.90 Å². The summed E-state index contributed by atoms with van der Waals surface area (Å²) in [6.07, 6.45) is 4.21. The van der Waals surface area contributed by atoms with E-state index in [9.17, 15) is 19.5 Å². The minimum absolute atomic E-state index is 0.0271. The van der Waals surface area contributed by atoms with E-state index >= 15 is 0 Å². The number of likely N-dealkylation sites (tertiary alicyclic amines) is 1. The number of halogens is 1. The molecular formula is C32H35ClN2O5S. The van der Waals surface area contributed by atoms with Gasteiger partial charge in [-0.05, 0) is 48.6 Å². The average molecular weight is 595 g/mol. The maximum atomic E-state index is 14.8. The van der Waals surface area contributed by atoms with E-state index in [4.69, 9.17) is 16.3 Å². The number of thioether (sulfide) groups is 1. The monoisotopic (exact) mass is 594 g/mol. The molecule has 0 radical (unpaired) electrons. The lowest BCUT2D eigenvalue weighted by Gasteiger charge is -2.42. The maximum absolute atomic E-state index is 14.8. The molecule has 7 atom stereocenters. The van der Waals surface area contributed by atoms with Crippen LogP contribution >= 0.6 is 23.4 Å². The van der Waals surface area contributed by atoms with Crippen LogP contribution in [0, 0.1) is 17.8 Å². The number of esters is 1. The van der Waals surface area contributed by atoms with E-state index in [-0.39, 0.29) is 42.7 Å². The Labute approximate surface area is 250 Å². The number of hydrogen-bond donors (Lipinski definition) is 1. The van der Waals surface area contributed by atoms with Crippen molar-refractivity contribution >= 4 is 46.8 Å². The molecule has 3 heterocycles. The SMILES string of the molecule is C=CCOC(=O)[C@@H]1[C@@H]2CC(C)C3(S2)C(C(=O)N(CC=C)c2ccc(Cl)cc2)N([C@@H](CO)Cc2ccccc2)C(=O)[C@H]13. The Morgan fingerprint density at radius 1 is 1.20 bits per heavy atom. The Kier molecular flexibility index (Phi) is 8.64. The quantitative estimate of drug-likeness (QED) is 0.304. The summed E-state index contributed by atoms with van der Waals surface area (Å²) in [4.78, 5) is 45.9. The molecular weight excluding hydrogens is 560 g/mol. The second-order valence-electron chi connectivity index (χ2n) is 11.0. The number of carbonyl (C=O) groups excluding carboxylic acids is 3. The van der Waals surface area contributed by atoms with Crippen molar-refractivity contribution in [2.24, 2.45) is 17.8 Å². The van der Waals surface area contributed by atoms with Crippen molar-refractivity contribution in [3.63, 3.8) is 0 Å². The number of anilines is 1. The molecule has 7 nitrogen and oxygen atoms in total. The number of fused-ring (bicyclic) bond motifs is 1. The van der Waals surface area contributed by atoms with Crippen LogP contribution in [0.5, 0.6) is 0 Å². The molecule has 3 unspecified atom stereocenters. The Morgan fingerprint density at radius 2 is 1.90 bits per heavy atom. The number of benzene rings is 2. The molecule has 3 aliphatic heterocycles. The third-order valence-corrected chi connectivity index (χ3v) is 11.0. The number of amides is 2.